The number of ether oxygens (including phenoxy) is 2. The third-order valence-corrected chi connectivity index (χ3v) is 4.39. The van der Waals surface area contributed by atoms with E-state index in [1.807, 2.05) is 31.2 Å². The van der Waals surface area contributed by atoms with Crippen LogP contribution >= 0.6 is 39.1 Å². The van der Waals surface area contributed by atoms with E-state index in [0.717, 1.165) is 33.6 Å². The van der Waals surface area contributed by atoms with Crippen LogP contribution in [0.1, 0.15) is 25.8 Å². The molecule has 0 saturated carbocycles. The van der Waals surface area contributed by atoms with Gasteiger partial charge in [0, 0.05) is 26.8 Å². The number of rotatable bonds is 8. The fourth-order valence-electron chi connectivity index (χ4n) is 2.16. The highest BCUT2D eigenvalue weighted by atomic mass is 79.9. The van der Waals surface area contributed by atoms with Gasteiger partial charge < -0.3 is 14.8 Å². The van der Waals surface area contributed by atoms with Crippen molar-refractivity contribution in [2.45, 2.75) is 26.8 Å². The number of anilines is 1. The first-order valence-electron chi connectivity index (χ1n) is 7.81. The van der Waals surface area contributed by atoms with E-state index < -0.39 is 0 Å². The summed E-state index contributed by atoms with van der Waals surface area (Å²) in [6.45, 7) is 5.87. The van der Waals surface area contributed by atoms with Crippen molar-refractivity contribution in [3.63, 3.8) is 0 Å². The van der Waals surface area contributed by atoms with Crippen molar-refractivity contribution in [2.24, 2.45) is 0 Å². The first kappa shape index (κ1) is 19.2. The lowest BCUT2D eigenvalue weighted by atomic mass is 10.2. The Hall–Kier alpha value is -1.10. The molecule has 0 aromatic heterocycles. The van der Waals surface area contributed by atoms with Gasteiger partial charge in [0.25, 0.3) is 0 Å². The lowest BCUT2D eigenvalue weighted by Crippen LogP contribution is -2.04. The van der Waals surface area contributed by atoms with Crippen LogP contribution in [0, 0.1) is 0 Å². The van der Waals surface area contributed by atoms with E-state index in [-0.39, 0.29) is 0 Å². The van der Waals surface area contributed by atoms with E-state index in [1.54, 1.807) is 6.07 Å². The molecule has 0 saturated heterocycles. The molecular weight excluding hydrogens is 413 g/mol. The summed E-state index contributed by atoms with van der Waals surface area (Å²) < 4.78 is 12.4. The van der Waals surface area contributed by atoms with Crippen LogP contribution in [0.2, 0.25) is 10.0 Å². The van der Waals surface area contributed by atoms with Crippen LogP contribution < -0.4 is 14.8 Å². The Balaban J connectivity index is 2.18. The largest absolute Gasteiger partial charge is 0.490 e. The third-order valence-electron chi connectivity index (χ3n) is 3.22. The minimum absolute atomic E-state index is 0.584. The summed E-state index contributed by atoms with van der Waals surface area (Å²) in [6, 6.07) is 9.31. The Morgan fingerprint density at radius 1 is 0.958 bits per heavy atom. The normalized spacial score (nSPS) is 10.5. The molecule has 2 aromatic carbocycles. The molecule has 6 heteroatoms. The maximum atomic E-state index is 6.03. The van der Waals surface area contributed by atoms with Gasteiger partial charge in [-0.25, -0.2) is 0 Å². The molecule has 1 N–H and O–H groups in total. The fourth-order valence-corrected chi connectivity index (χ4v) is 3.15. The summed E-state index contributed by atoms with van der Waals surface area (Å²) in [5, 5.41) is 4.52. The molecule has 0 spiro atoms. The highest BCUT2D eigenvalue weighted by Crippen LogP contribution is 2.34. The number of benzene rings is 2. The number of hydrogen-bond donors (Lipinski definition) is 1. The van der Waals surface area contributed by atoms with Gasteiger partial charge in [-0.1, -0.05) is 46.1 Å². The van der Waals surface area contributed by atoms with E-state index in [0.29, 0.717) is 29.8 Å². The van der Waals surface area contributed by atoms with Gasteiger partial charge in [-0.05, 0) is 49.2 Å². The topological polar surface area (TPSA) is 30.5 Å². The smallest absolute Gasteiger partial charge is 0.162 e. The van der Waals surface area contributed by atoms with Crippen molar-refractivity contribution in [3.8, 4) is 11.5 Å². The highest BCUT2D eigenvalue weighted by molar-refractivity contribution is 9.10. The van der Waals surface area contributed by atoms with Crippen molar-refractivity contribution in [3.05, 3.63) is 50.4 Å². The average Bonchev–Trinajstić information content (AvgIpc) is 2.52. The second kappa shape index (κ2) is 9.40. The quantitative estimate of drug-likeness (QED) is 0.512. The zero-order valence-corrected chi connectivity index (χ0v) is 16.8. The number of nitrogens with one attached hydrogen (secondary N) is 1. The minimum atomic E-state index is 0.584. The van der Waals surface area contributed by atoms with Gasteiger partial charge in [-0.2, -0.15) is 0 Å². The van der Waals surface area contributed by atoms with Crippen molar-refractivity contribution in [1.82, 2.24) is 0 Å². The van der Waals surface area contributed by atoms with Crippen LogP contribution in [-0.4, -0.2) is 13.2 Å². The van der Waals surface area contributed by atoms with Crippen LogP contribution in [0.4, 0.5) is 5.69 Å². The maximum Gasteiger partial charge on any atom is 0.162 e. The van der Waals surface area contributed by atoms with Crippen molar-refractivity contribution < 1.29 is 9.47 Å². The van der Waals surface area contributed by atoms with Gasteiger partial charge in [-0.15, -0.1) is 0 Å². The predicted octanol–water partition coefficient (Wildman–Crippen LogP) is 6.56. The summed E-state index contributed by atoms with van der Waals surface area (Å²) in [5.74, 6) is 1.50. The van der Waals surface area contributed by atoms with Crippen molar-refractivity contribution in [2.75, 3.05) is 18.5 Å². The van der Waals surface area contributed by atoms with Crippen LogP contribution in [0.5, 0.6) is 11.5 Å². The lowest BCUT2D eigenvalue weighted by molar-refractivity contribution is 0.276. The van der Waals surface area contributed by atoms with Crippen molar-refractivity contribution in [1.29, 1.82) is 0 Å². The molecule has 0 heterocycles. The molecule has 130 valence electrons. The molecule has 0 aliphatic rings. The number of hydrogen-bond acceptors (Lipinski definition) is 3. The standard InChI is InChI=1S/C18H20BrCl2NO2/c1-3-5-24-18-10-16(19)12(6-17(18)23-4-2)11-22-15-8-13(20)7-14(21)9-15/h6-10,22H,3-5,11H2,1-2H3. The monoisotopic (exact) mass is 431 g/mol. The summed E-state index contributed by atoms with van der Waals surface area (Å²) in [6.07, 6.45) is 0.946. The van der Waals surface area contributed by atoms with Crippen molar-refractivity contribution >= 4 is 44.8 Å². The van der Waals surface area contributed by atoms with E-state index in [9.17, 15) is 0 Å². The lowest BCUT2D eigenvalue weighted by Gasteiger charge is -2.15. The van der Waals surface area contributed by atoms with Gasteiger partial charge in [-0.3, -0.25) is 0 Å². The second-order valence-corrected chi connectivity index (χ2v) is 6.91. The Morgan fingerprint density at radius 2 is 1.62 bits per heavy atom. The molecule has 0 fully saturated rings. The van der Waals surface area contributed by atoms with Crippen LogP contribution in [0.25, 0.3) is 0 Å². The number of halogens is 3. The van der Waals surface area contributed by atoms with Crippen LogP contribution in [0.15, 0.2) is 34.8 Å². The molecule has 0 unspecified atom stereocenters. The SMILES string of the molecule is CCCOc1cc(Br)c(CNc2cc(Cl)cc(Cl)c2)cc1OCC. The molecule has 2 rings (SSSR count). The Labute approximate surface area is 161 Å². The van der Waals surface area contributed by atoms with Gasteiger partial charge in [0.05, 0.1) is 13.2 Å². The highest BCUT2D eigenvalue weighted by Gasteiger charge is 2.11. The van der Waals surface area contributed by atoms with Gasteiger partial charge >= 0.3 is 0 Å². The molecule has 2 aromatic rings. The van der Waals surface area contributed by atoms with Crippen LogP contribution in [-0.2, 0) is 6.54 Å². The van der Waals surface area contributed by atoms with Gasteiger partial charge in [0.1, 0.15) is 0 Å². The summed E-state index contributed by atoms with van der Waals surface area (Å²) in [7, 11) is 0. The first-order chi connectivity index (χ1) is 11.5. The van der Waals surface area contributed by atoms with E-state index in [2.05, 4.69) is 28.2 Å². The molecule has 0 aliphatic heterocycles. The van der Waals surface area contributed by atoms with Gasteiger partial charge in [0.15, 0.2) is 11.5 Å². The molecule has 3 nitrogen and oxygen atoms in total. The minimum Gasteiger partial charge on any atom is -0.490 e. The molecule has 0 amide bonds. The van der Waals surface area contributed by atoms with Crippen LogP contribution in [0.3, 0.4) is 0 Å². The second-order valence-electron chi connectivity index (χ2n) is 5.18. The van der Waals surface area contributed by atoms with Gasteiger partial charge in [0.2, 0.25) is 0 Å². The summed E-state index contributed by atoms with van der Waals surface area (Å²) in [5.41, 5.74) is 1.92. The zero-order chi connectivity index (χ0) is 17.5. The predicted molar refractivity (Wildman–Crippen MR) is 105 cm³/mol. The maximum absolute atomic E-state index is 6.03. The Kier molecular flexibility index (Phi) is 7.53. The Bertz CT molecular complexity index is 675. The van der Waals surface area contributed by atoms with E-state index in [1.165, 1.54) is 0 Å². The average molecular weight is 433 g/mol. The van der Waals surface area contributed by atoms with E-state index >= 15 is 0 Å². The summed E-state index contributed by atoms with van der Waals surface area (Å²) >= 11 is 15.7. The fraction of sp³-hybridized carbons (Fsp3) is 0.333. The molecule has 0 radical (unpaired) electrons. The molecule has 0 aliphatic carbocycles. The third kappa shape index (κ3) is 5.47. The molecule has 24 heavy (non-hydrogen) atoms. The zero-order valence-electron chi connectivity index (χ0n) is 13.7. The molecular formula is C18H20BrCl2NO2. The van der Waals surface area contributed by atoms with E-state index in [4.69, 9.17) is 32.7 Å². The molecule has 0 atom stereocenters. The first-order valence-corrected chi connectivity index (χ1v) is 9.36. The molecule has 0 bridgehead atoms. The summed E-state index contributed by atoms with van der Waals surface area (Å²) in [4.78, 5) is 0. The Morgan fingerprint density at radius 3 is 2.25 bits per heavy atom.